The number of nitrogens with zero attached hydrogens (tertiary/aromatic N) is 1. The number of rotatable bonds is 7. The first-order chi connectivity index (χ1) is 13.6. The zero-order valence-corrected chi connectivity index (χ0v) is 17.8. The van der Waals surface area contributed by atoms with E-state index >= 15 is 0 Å². The lowest BCUT2D eigenvalue weighted by atomic mass is 10.1. The first-order valence-electron chi connectivity index (χ1n) is 8.81. The lowest BCUT2D eigenvalue weighted by molar-refractivity contribution is 0.0829. The third-order valence-electron chi connectivity index (χ3n) is 4.43. The molecule has 0 spiro atoms. The molecule has 1 atom stereocenters. The summed E-state index contributed by atoms with van der Waals surface area (Å²) in [6, 6.07) is 3.30. The summed E-state index contributed by atoms with van der Waals surface area (Å²) >= 11 is 7.04. The van der Waals surface area contributed by atoms with Gasteiger partial charge in [-0.25, -0.2) is 0 Å². The van der Waals surface area contributed by atoms with Gasteiger partial charge in [-0.15, -0.1) is 11.3 Å². The number of amides is 1. The third-order valence-corrected chi connectivity index (χ3v) is 5.81. The Morgan fingerprint density at radius 1 is 1.24 bits per heavy atom. The standard InChI is InChI=1S/C19H20ClN3O5S/c1-5-9(10-7-6-8(2)28-10)21-11-12(15(25)14(11)24)22-13-16(26)17(29-18(13)20)19(27)23(3)4/h6-7,9,21-22,26H,5H2,1-4H3/t9-/m1/s1. The molecule has 29 heavy (non-hydrogen) atoms. The molecule has 1 aromatic carbocycles. The highest BCUT2D eigenvalue weighted by Gasteiger charge is 2.29. The Kier molecular flexibility index (Phi) is 5.72. The number of nitrogens with one attached hydrogen (secondary N) is 2. The summed E-state index contributed by atoms with van der Waals surface area (Å²) in [4.78, 5) is 37.7. The van der Waals surface area contributed by atoms with Gasteiger partial charge in [-0.05, 0) is 25.5 Å². The van der Waals surface area contributed by atoms with Gasteiger partial charge in [-0.1, -0.05) is 18.5 Å². The van der Waals surface area contributed by atoms with Crippen molar-refractivity contribution in [3.63, 3.8) is 0 Å². The molecule has 0 unspecified atom stereocenters. The number of carbonyl (C=O) groups is 1. The van der Waals surface area contributed by atoms with Crippen LogP contribution >= 0.6 is 22.9 Å². The number of hydrogen-bond acceptors (Lipinski definition) is 8. The third kappa shape index (κ3) is 3.75. The molecule has 0 bridgehead atoms. The van der Waals surface area contributed by atoms with E-state index in [2.05, 4.69) is 10.6 Å². The second kappa shape index (κ2) is 7.92. The lowest BCUT2D eigenvalue weighted by Gasteiger charge is -2.20. The van der Waals surface area contributed by atoms with Crippen molar-refractivity contribution >= 4 is 45.9 Å². The molecule has 3 rings (SSSR count). The Balaban J connectivity index is 1.91. The smallest absolute Gasteiger partial charge is 0.267 e. The van der Waals surface area contributed by atoms with Crippen LogP contribution in [-0.4, -0.2) is 30.0 Å². The average Bonchev–Trinajstić information content (AvgIpc) is 3.23. The van der Waals surface area contributed by atoms with E-state index in [1.807, 2.05) is 19.9 Å². The van der Waals surface area contributed by atoms with Crippen molar-refractivity contribution in [3.05, 3.63) is 53.3 Å². The Morgan fingerprint density at radius 2 is 1.90 bits per heavy atom. The molecule has 1 amide bonds. The molecular weight excluding hydrogens is 418 g/mol. The molecule has 2 aromatic heterocycles. The molecular formula is C19H20ClN3O5S. The summed E-state index contributed by atoms with van der Waals surface area (Å²) in [5.41, 5.74) is -1.34. The van der Waals surface area contributed by atoms with Gasteiger partial charge in [0.05, 0.1) is 6.04 Å². The van der Waals surface area contributed by atoms with E-state index in [1.54, 1.807) is 20.2 Å². The van der Waals surface area contributed by atoms with E-state index in [1.165, 1.54) is 4.90 Å². The second-order valence-electron chi connectivity index (χ2n) is 6.71. The lowest BCUT2D eigenvalue weighted by Crippen LogP contribution is -2.37. The van der Waals surface area contributed by atoms with Gasteiger partial charge < -0.3 is 25.1 Å². The maximum absolute atomic E-state index is 12.2. The van der Waals surface area contributed by atoms with Crippen LogP contribution in [0.5, 0.6) is 5.75 Å². The number of aromatic hydroxyl groups is 1. The Hall–Kier alpha value is -2.78. The molecule has 0 fully saturated rings. The van der Waals surface area contributed by atoms with Crippen molar-refractivity contribution < 1.29 is 14.3 Å². The van der Waals surface area contributed by atoms with Crippen LogP contribution < -0.4 is 21.5 Å². The molecule has 0 saturated heterocycles. The van der Waals surface area contributed by atoms with Gasteiger partial charge in [-0.2, -0.15) is 0 Å². The summed E-state index contributed by atoms with van der Waals surface area (Å²) < 4.78 is 5.71. The summed E-state index contributed by atoms with van der Waals surface area (Å²) in [6.07, 6.45) is 0.608. The highest BCUT2D eigenvalue weighted by atomic mass is 35.5. The monoisotopic (exact) mass is 437 g/mol. The molecule has 3 N–H and O–H groups in total. The molecule has 0 aliphatic carbocycles. The van der Waals surface area contributed by atoms with Crippen LogP contribution in [0.25, 0.3) is 0 Å². The first-order valence-corrected chi connectivity index (χ1v) is 10.0. The number of hydrogen-bond donors (Lipinski definition) is 3. The summed E-state index contributed by atoms with van der Waals surface area (Å²) in [6.45, 7) is 3.73. The Labute approximate surface area is 175 Å². The molecule has 0 aliphatic rings. The van der Waals surface area contributed by atoms with Gasteiger partial charge in [0.2, 0.25) is 0 Å². The summed E-state index contributed by atoms with van der Waals surface area (Å²) in [5, 5.41) is 16.2. The molecule has 154 valence electrons. The molecule has 3 aromatic rings. The first kappa shape index (κ1) is 20.9. The Morgan fingerprint density at radius 3 is 2.45 bits per heavy atom. The van der Waals surface area contributed by atoms with E-state index in [0.717, 1.165) is 17.1 Å². The molecule has 0 saturated carbocycles. The average molecular weight is 438 g/mol. The highest BCUT2D eigenvalue weighted by molar-refractivity contribution is 7.19. The highest BCUT2D eigenvalue weighted by Crippen LogP contribution is 2.45. The number of halogens is 1. The fraction of sp³-hybridized carbons (Fsp3) is 0.316. The maximum atomic E-state index is 12.2. The molecule has 0 radical (unpaired) electrons. The topological polar surface area (TPSA) is 112 Å². The van der Waals surface area contributed by atoms with Crippen LogP contribution in [-0.2, 0) is 0 Å². The minimum atomic E-state index is -0.736. The van der Waals surface area contributed by atoms with Crippen molar-refractivity contribution in [2.24, 2.45) is 0 Å². The van der Waals surface area contributed by atoms with E-state index in [0.29, 0.717) is 12.2 Å². The zero-order valence-electron chi connectivity index (χ0n) is 16.3. The minimum Gasteiger partial charge on any atom is -0.504 e. The number of anilines is 3. The number of carbonyl (C=O) groups excluding carboxylic acids is 1. The predicted octanol–water partition coefficient (Wildman–Crippen LogP) is 3.61. The minimum absolute atomic E-state index is 0.0129. The van der Waals surface area contributed by atoms with Gasteiger partial charge >= 0.3 is 0 Å². The molecule has 2 heterocycles. The number of thiophene rings is 1. The summed E-state index contributed by atoms with van der Waals surface area (Å²) in [5.74, 6) is 0.576. The van der Waals surface area contributed by atoms with E-state index in [4.69, 9.17) is 16.0 Å². The fourth-order valence-corrected chi connectivity index (χ4v) is 4.08. The van der Waals surface area contributed by atoms with Crippen LogP contribution in [0.15, 0.2) is 26.1 Å². The van der Waals surface area contributed by atoms with E-state index in [9.17, 15) is 19.5 Å². The second-order valence-corrected chi connectivity index (χ2v) is 8.34. The number of aryl methyl sites for hydroxylation is 1. The van der Waals surface area contributed by atoms with Crippen LogP contribution in [0.1, 0.15) is 40.6 Å². The molecule has 0 aliphatic heterocycles. The normalized spacial score (nSPS) is 12.2. The van der Waals surface area contributed by atoms with Crippen molar-refractivity contribution in [1.82, 2.24) is 4.90 Å². The van der Waals surface area contributed by atoms with Crippen molar-refractivity contribution in [1.29, 1.82) is 0 Å². The number of furan rings is 1. The molecule has 8 nitrogen and oxygen atoms in total. The van der Waals surface area contributed by atoms with Crippen LogP contribution in [0.3, 0.4) is 0 Å². The van der Waals surface area contributed by atoms with Crippen molar-refractivity contribution in [2.45, 2.75) is 26.3 Å². The van der Waals surface area contributed by atoms with Gasteiger partial charge in [0.25, 0.3) is 16.8 Å². The predicted molar refractivity (Wildman–Crippen MR) is 114 cm³/mol. The van der Waals surface area contributed by atoms with Gasteiger partial charge in [0.15, 0.2) is 5.75 Å². The summed E-state index contributed by atoms with van der Waals surface area (Å²) in [7, 11) is 3.09. The van der Waals surface area contributed by atoms with E-state index in [-0.39, 0.29) is 38.1 Å². The van der Waals surface area contributed by atoms with Gasteiger partial charge in [-0.3, -0.25) is 14.4 Å². The molecule has 10 heteroatoms. The Bertz CT molecular complexity index is 1140. The fourth-order valence-electron chi connectivity index (χ4n) is 2.81. The van der Waals surface area contributed by atoms with Crippen LogP contribution in [0.2, 0.25) is 4.34 Å². The SMILES string of the molecule is CC[C@@H](Nc1c(Nc2c(Cl)sc(C(=O)N(C)C)c2O)c(=O)c1=O)c1ccc(C)o1. The van der Waals surface area contributed by atoms with Crippen molar-refractivity contribution in [2.75, 3.05) is 24.7 Å². The van der Waals surface area contributed by atoms with Crippen LogP contribution in [0, 0.1) is 6.92 Å². The van der Waals surface area contributed by atoms with Gasteiger partial charge in [0, 0.05) is 14.1 Å². The zero-order chi connectivity index (χ0) is 21.5. The van der Waals surface area contributed by atoms with E-state index < -0.39 is 16.8 Å². The largest absolute Gasteiger partial charge is 0.504 e. The van der Waals surface area contributed by atoms with Crippen molar-refractivity contribution in [3.8, 4) is 5.75 Å². The van der Waals surface area contributed by atoms with Gasteiger partial charge in [0.1, 0.15) is 37.8 Å². The maximum Gasteiger partial charge on any atom is 0.267 e. The quantitative estimate of drug-likeness (QED) is 0.484. The van der Waals surface area contributed by atoms with Crippen LogP contribution in [0.4, 0.5) is 17.1 Å².